The molecule has 1 heterocycles. The van der Waals surface area contributed by atoms with Gasteiger partial charge in [0.25, 0.3) is 0 Å². The van der Waals surface area contributed by atoms with Crippen molar-refractivity contribution in [2.24, 2.45) is 0 Å². The molecule has 0 aliphatic heterocycles. The van der Waals surface area contributed by atoms with Crippen LogP contribution in [0.3, 0.4) is 0 Å². The van der Waals surface area contributed by atoms with E-state index in [0.29, 0.717) is 0 Å². The molecule has 3 heteroatoms. The van der Waals surface area contributed by atoms with Gasteiger partial charge in [0.2, 0.25) is 0 Å². The molecule has 1 aromatic heterocycles. The van der Waals surface area contributed by atoms with E-state index in [4.69, 9.17) is 0 Å². The summed E-state index contributed by atoms with van der Waals surface area (Å²) in [6.45, 7) is 3.98. The van der Waals surface area contributed by atoms with Gasteiger partial charge < -0.3 is 5.11 Å². The second-order valence-electron chi connectivity index (χ2n) is 3.66. The average molecular weight is 225 g/mol. The van der Waals surface area contributed by atoms with Crippen LogP contribution in [0.2, 0.25) is 0 Å². The van der Waals surface area contributed by atoms with Crippen LogP contribution in [0.5, 0.6) is 0 Å². The Labute approximate surface area is 96.1 Å². The summed E-state index contributed by atoms with van der Waals surface area (Å²) in [6, 6.07) is 3.84. The van der Waals surface area contributed by atoms with Crippen LogP contribution in [-0.2, 0) is 0 Å². The molecule has 84 valence electrons. The Morgan fingerprint density at radius 2 is 2.27 bits per heavy atom. The normalized spacial score (nSPS) is 12.7. The summed E-state index contributed by atoms with van der Waals surface area (Å²) >= 11 is 1.77. The molecule has 0 aliphatic carbocycles. The van der Waals surface area contributed by atoms with Gasteiger partial charge >= 0.3 is 0 Å². The summed E-state index contributed by atoms with van der Waals surface area (Å²) in [5.74, 6) is 1.12. The molecule has 0 saturated carbocycles. The van der Waals surface area contributed by atoms with Crippen molar-refractivity contribution in [3.8, 4) is 0 Å². The number of rotatable bonds is 6. The molecule has 1 unspecified atom stereocenters. The van der Waals surface area contributed by atoms with E-state index >= 15 is 0 Å². The van der Waals surface area contributed by atoms with E-state index in [9.17, 15) is 5.11 Å². The number of hydrogen-bond acceptors (Lipinski definition) is 3. The molecule has 2 nitrogen and oxygen atoms in total. The molecule has 1 atom stereocenters. The number of aliphatic hydroxyl groups is 1. The van der Waals surface area contributed by atoms with Gasteiger partial charge in [-0.25, -0.2) is 4.98 Å². The monoisotopic (exact) mass is 225 g/mol. The number of thioether (sulfide) groups is 1. The molecular weight excluding hydrogens is 206 g/mol. The zero-order chi connectivity index (χ0) is 11.1. The Balaban J connectivity index is 2.43. The quantitative estimate of drug-likeness (QED) is 0.595. The Bertz CT molecular complexity index is 289. The number of unbranched alkanes of at least 4 members (excludes halogenated alkanes) is 2. The third kappa shape index (κ3) is 4.67. The van der Waals surface area contributed by atoms with Gasteiger partial charge in [-0.05, 0) is 36.8 Å². The zero-order valence-corrected chi connectivity index (χ0v) is 10.3. The molecule has 1 rings (SSSR count). The Morgan fingerprint density at radius 1 is 1.47 bits per heavy atom. The van der Waals surface area contributed by atoms with E-state index in [1.54, 1.807) is 24.9 Å². The predicted octanol–water partition coefficient (Wildman–Crippen LogP) is 3.42. The third-order valence-corrected chi connectivity index (χ3v) is 3.25. The lowest BCUT2D eigenvalue weighted by Gasteiger charge is -2.06. The van der Waals surface area contributed by atoms with E-state index in [-0.39, 0.29) is 0 Å². The van der Waals surface area contributed by atoms with Gasteiger partial charge in [0, 0.05) is 6.20 Å². The molecular formula is C12H19NOS. The van der Waals surface area contributed by atoms with E-state index in [1.807, 2.05) is 12.1 Å². The Morgan fingerprint density at radius 3 is 2.93 bits per heavy atom. The maximum absolute atomic E-state index is 9.42. The van der Waals surface area contributed by atoms with Crippen molar-refractivity contribution in [3.63, 3.8) is 0 Å². The highest BCUT2D eigenvalue weighted by Crippen LogP contribution is 2.20. The number of nitrogens with zero attached hydrogens (tertiary/aromatic N) is 1. The molecule has 1 aromatic rings. The molecule has 0 radical (unpaired) electrons. The van der Waals surface area contributed by atoms with Gasteiger partial charge in [0.05, 0.1) is 11.1 Å². The van der Waals surface area contributed by atoms with E-state index in [1.165, 1.54) is 19.3 Å². The lowest BCUT2D eigenvalue weighted by atomic mass is 10.2. The summed E-state index contributed by atoms with van der Waals surface area (Å²) < 4.78 is 0. The van der Waals surface area contributed by atoms with Gasteiger partial charge in [-0.3, -0.25) is 0 Å². The smallest absolute Gasteiger partial charge is 0.0963 e. The summed E-state index contributed by atoms with van der Waals surface area (Å²) in [6.07, 6.45) is 5.14. The zero-order valence-electron chi connectivity index (χ0n) is 9.44. The van der Waals surface area contributed by atoms with Gasteiger partial charge in [-0.15, -0.1) is 11.8 Å². The van der Waals surface area contributed by atoms with E-state index in [2.05, 4.69) is 11.9 Å². The maximum Gasteiger partial charge on any atom is 0.0963 e. The van der Waals surface area contributed by atoms with Gasteiger partial charge in [0.15, 0.2) is 0 Å². The molecule has 0 bridgehead atoms. The van der Waals surface area contributed by atoms with Crippen LogP contribution in [0.1, 0.15) is 44.8 Å². The first-order chi connectivity index (χ1) is 7.24. The van der Waals surface area contributed by atoms with Crippen LogP contribution in [0.25, 0.3) is 0 Å². The van der Waals surface area contributed by atoms with Crippen LogP contribution in [-0.4, -0.2) is 15.8 Å². The first kappa shape index (κ1) is 12.5. The van der Waals surface area contributed by atoms with Crippen LogP contribution < -0.4 is 0 Å². The summed E-state index contributed by atoms with van der Waals surface area (Å²) in [5, 5.41) is 10.4. The van der Waals surface area contributed by atoms with Crippen LogP contribution in [0.4, 0.5) is 0 Å². The number of hydrogen-bond donors (Lipinski definition) is 1. The van der Waals surface area contributed by atoms with Gasteiger partial charge in [-0.2, -0.15) is 0 Å². The van der Waals surface area contributed by atoms with Crippen LogP contribution in [0.15, 0.2) is 23.4 Å². The molecule has 0 aromatic carbocycles. The standard InChI is InChI=1S/C12H19NOS/c1-3-4-5-8-15-12-9-11(10(2)14)6-7-13-12/h6-7,9-10,14H,3-5,8H2,1-2H3. The number of pyridine rings is 1. The van der Waals surface area contributed by atoms with Crippen molar-refractivity contribution >= 4 is 11.8 Å². The molecule has 0 aliphatic rings. The number of aliphatic hydroxyl groups excluding tert-OH is 1. The highest BCUT2D eigenvalue weighted by atomic mass is 32.2. The second kappa shape index (κ2) is 6.85. The topological polar surface area (TPSA) is 33.1 Å². The Kier molecular flexibility index (Phi) is 5.73. The van der Waals surface area contributed by atoms with Crippen molar-refractivity contribution < 1.29 is 5.11 Å². The molecule has 0 amide bonds. The third-order valence-electron chi connectivity index (χ3n) is 2.24. The maximum atomic E-state index is 9.42. The minimum Gasteiger partial charge on any atom is -0.389 e. The largest absolute Gasteiger partial charge is 0.389 e. The fraction of sp³-hybridized carbons (Fsp3) is 0.583. The second-order valence-corrected chi connectivity index (χ2v) is 4.77. The molecule has 0 fully saturated rings. The SMILES string of the molecule is CCCCCSc1cc(C(C)O)ccn1. The van der Waals surface area contributed by atoms with Crippen molar-refractivity contribution in [3.05, 3.63) is 23.9 Å². The molecule has 1 N–H and O–H groups in total. The highest BCUT2D eigenvalue weighted by molar-refractivity contribution is 7.99. The molecule has 0 spiro atoms. The van der Waals surface area contributed by atoms with Crippen molar-refractivity contribution in [2.45, 2.75) is 44.2 Å². The highest BCUT2D eigenvalue weighted by Gasteiger charge is 2.02. The molecule has 15 heavy (non-hydrogen) atoms. The minimum absolute atomic E-state index is 0.400. The van der Waals surface area contributed by atoms with E-state index in [0.717, 1.165) is 16.3 Å². The lowest BCUT2D eigenvalue weighted by molar-refractivity contribution is 0.199. The van der Waals surface area contributed by atoms with Gasteiger partial charge in [0.1, 0.15) is 0 Å². The van der Waals surface area contributed by atoms with Crippen LogP contribution >= 0.6 is 11.8 Å². The van der Waals surface area contributed by atoms with Crippen molar-refractivity contribution in [1.82, 2.24) is 4.98 Å². The minimum atomic E-state index is -0.400. The van der Waals surface area contributed by atoms with E-state index < -0.39 is 6.10 Å². The number of aromatic nitrogens is 1. The van der Waals surface area contributed by atoms with Crippen molar-refractivity contribution in [1.29, 1.82) is 0 Å². The molecule has 0 saturated heterocycles. The summed E-state index contributed by atoms with van der Waals surface area (Å²) in [5.41, 5.74) is 0.947. The lowest BCUT2D eigenvalue weighted by Crippen LogP contribution is -1.92. The van der Waals surface area contributed by atoms with Crippen LogP contribution in [0, 0.1) is 0 Å². The fourth-order valence-electron chi connectivity index (χ4n) is 1.29. The van der Waals surface area contributed by atoms with Crippen molar-refractivity contribution in [2.75, 3.05) is 5.75 Å². The first-order valence-corrected chi connectivity index (χ1v) is 6.49. The predicted molar refractivity (Wildman–Crippen MR) is 65.1 cm³/mol. The average Bonchev–Trinajstić information content (AvgIpc) is 2.25. The summed E-state index contributed by atoms with van der Waals surface area (Å²) in [4.78, 5) is 4.27. The first-order valence-electron chi connectivity index (χ1n) is 5.51. The fourth-order valence-corrected chi connectivity index (χ4v) is 2.20. The summed E-state index contributed by atoms with van der Waals surface area (Å²) in [7, 11) is 0. The Hall–Kier alpha value is -0.540. The van der Waals surface area contributed by atoms with Gasteiger partial charge in [-0.1, -0.05) is 19.8 Å².